The van der Waals surface area contributed by atoms with Crippen LogP contribution in [0.4, 0.5) is 5.82 Å². The largest absolute Gasteiger partial charge is 0.378 e. The van der Waals surface area contributed by atoms with Gasteiger partial charge in [0.05, 0.1) is 15.9 Å². The van der Waals surface area contributed by atoms with Gasteiger partial charge in [0.25, 0.3) is 0 Å². The first kappa shape index (κ1) is 15.2. The van der Waals surface area contributed by atoms with Gasteiger partial charge in [-0.15, -0.1) is 0 Å². The van der Waals surface area contributed by atoms with Crippen LogP contribution >= 0.6 is 22.6 Å². The number of benzene rings is 1. The Balaban J connectivity index is 2.52. The molecule has 20 heavy (non-hydrogen) atoms. The van der Waals surface area contributed by atoms with Gasteiger partial charge in [-0.05, 0) is 42.5 Å². The summed E-state index contributed by atoms with van der Waals surface area (Å²) in [5.74, 6) is 1.60. The van der Waals surface area contributed by atoms with Crippen molar-refractivity contribution in [2.24, 2.45) is 0 Å². The molecule has 5 heteroatoms. The number of methoxy groups -OCH3 is 1. The third-order valence-corrected chi connectivity index (χ3v) is 3.95. The Morgan fingerprint density at radius 3 is 2.75 bits per heavy atom. The Morgan fingerprint density at radius 1 is 1.30 bits per heavy atom. The van der Waals surface area contributed by atoms with E-state index in [4.69, 9.17) is 4.74 Å². The smallest absolute Gasteiger partial charge is 0.161 e. The normalized spacial score (nSPS) is 10.6. The van der Waals surface area contributed by atoms with E-state index in [1.807, 2.05) is 12.1 Å². The van der Waals surface area contributed by atoms with Crippen molar-refractivity contribution in [1.29, 1.82) is 0 Å². The molecular weight excluding hydrogens is 365 g/mol. The van der Waals surface area contributed by atoms with Crippen LogP contribution in [0, 0.1) is 10.5 Å². The van der Waals surface area contributed by atoms with E-state index in [0.717, 1.165) is 33.0 Å². The number of hydrogen-bond acceptors (Lipinski definition) is 4. The predicted octanol–water partition coefficient (Wildman–Crippen LogP) is 3.63. The van der Waals surface area contributed by atoms with Crippen molar-refractivity contribution < 1.29 is 4.74 Å². The van der Waals surface area contributed by atoms with E-state index in [2.05, 4.69) is 63.9 Å². The van der Waals surface area contributed by atoms with Gasteiger partial charge in [0.1, 0.15) is 5.82 Å². The number of aromatic nitrogens is 2. The molecule has 1 aromatic carbocycles. The number of aryl methyl sites for hydroxylation is 1. The second-order valence-corrected chi connectivity index (χ2v) is 5.57. The second kappa shape index (κ2) is 6.99. The molecule has 0 saturated heterocycles. The lowest BCUT2D eigenvalue weighted by Crippen LogP contribution is -2.08. The van der Waals surface area contributed by atoms with E-state index >= 15 is 0 Å². The molecule has 0 atom stereocenters. The molecule has 1 N–H and O–H groups in total. The van der Waals surface area contributed by atoms with Crippen LogP contribution in [0.3, 0.4) is 0 Å². The number of halogens is 1. The van der Waals surface area contributed by atoms with Crippen molar-refractivity contribution in [2.45, 2.75) is 20.5 Å². The summed E-state index contributed by atoms with van der Waals surface area (Å²) in [5, 5.41) is 3.29. The monoisotopic (exact) mass is 383 g/mol. The molecule has 1 heterocycles. The Hall–Kier alpha value is -1.21. The second-order valence-electron chi connectivity index (χ2n) is 4.49. The van der Waals surface area contributed by atoms with Gasteiger partial charge in [-0.1, -0.05) is 23.8 Å². The zero-order valence-corrected chi connectivity index (χ0v) is 14.1. The van der Waals surface area contributed by atoms with Crippen LogP contribution in [0.2, 0.25) is 0 Å². The van der Waals surface area contributed by atoms with E-state index in [0.29, 0.717) is 6.61 Å². The van der Waals surface area contributed by atoms with Gasteiger partial charge in [0.2, 0.25) is 0 Å². The van der Waals surface area contributed by atoms with Crippen molar-refractivity contribution >= 4 is 28.4 Å². The quantitative estimate of drug-likeness (QED) is 0.802. The Labute approximate surface area is 133 Å². The van der Waals surface area contributed by atoms with Crippen LogP contribution in [0.15, 0.2) is 24.3 Å². The maximum atomic E-state index is 5.23. The van der Waals surface area contributed by atoms with Crippen molar-refractivity contribution in [3.05, 3.63) is 39.1 Å². The molecule has 1 aromatic heterocycles. The fourth-order valence-corrected chi connectivity index (χ4v) is 2.51. The average molecular weight is 383 g/mol. The minimum absolute atomic E-state index is 0.484. The lowest BCUT2D eigenvalue weighted by molar-refractivity contribution is 0.181. The third kappa shape index (κ3) is 3.46. The minimum Gasteiger partial charge on any atom is -0.378 e. The zero-order chi connectivity index (χ0) is 14.5. The van der Waals surface area contributed by atoms with Gasteiger partial charge in [-0.3, -0.25) is 0 Å². The molecule has 0 spiro atoms. The molecule has 0 unspecified atom stereocenters. The fraction of sp³-hybridized carbons (Fsp3) is 0.333. The van der Waals surface area contributed by atoms with Crippen LogP contribution in [0.25, 0.3) is 11.4 Å². The summed E-state index contributed by atoms with van der Waals surface area (Å²) in [7, 11) is 1.68. The SMILES string of the molecule is CCNc1nc(-c2cccc(C)c2)nc(COC)c1I. The van der Waals surface area contributed by atoms with Crippen molar-refractivity contribution in [3.8, 4) is 11.4 Å². The van der Waals surface area contributed by atoms with Gasteiger partial charge < -0.3 is 10.1 Å². The highest BCUT2D eigenvalue weighted by atomic mass is 127. The number of ether oxygens (including phenoxy) is 1. The summed E-state index contributed by atoms with van der Waals surface area (Å²) in [6.07, 6.45) is 0. The fourth-order valence-electron chi connectivity index (χ4n) is 1.92. The number of nitrogens with one attached hydrogen (secondary N) is 1. The van der Waals surface area contributed by atoms with E-state index in [-0.39, 0.29) is 0 Å². The predicted molar refractivity (Wildman–Crippen MR) is 89.8 cm³/mol. The summed E-state index contributed by atoms with van der Waals surface area (Å²) in [4.78, 5) is 9.26. The maximum Gasteiger partial charge on any atom is 0.161 e. The summed E-state index contributed by atoms with van der Waals surface area (Å²) in [6.45, 7) is 5.43. The highest BCUT2D eigenvalue weighted by Crippen LogP contribution is 2.25. The van der Waals surface area contributed by atoms with Gasteiger partial charge in [-0.25, -0.2) is 9.97 Å². The molecule has 0 aliphatic rings. The molecule has 4 nitrogen and oxygen atoms in total. The van der Waals surface area contributed by atoms with E-state index in [9.17, 15) is 0 Å². The highest BCUT2D eigenvalue weighted by molar-refractivity contribution is 14.1. The van der Waals surface area contributed by atoms with Crippen LogP contribution in [0.5, 0.6) is 0 Å². The average Bonchev–Trinajstić information content (AvgIpc) is 2.43. The molecule has 2 rings (SSSR count). The molecule has 0 radical (unpaired) electrons. The van der Waals surface area contributed by atoms with Crippen molar-refractivity contribution in [3.63, 3.8) is 0 Å². The lowest BCUT2D eigenvalue weighted by Gasteiger charge is -2.12. The highest BCUT2D eigenvalue weighted by Gasteiger charge is 2.13. The molecule has 2 aromatic rings. The summed E-state index contributed by atoms with van der Waals surface area (Å²) in [5.41, 5.74) is 3.14. The topological polar surface area (TPSA) is 47.0 Å². The van der Waals surface area contributed by atoms with Gasteiger partial charge in [-0.2, -0.15) is 0 Å². The van der Waals surface area contributed by atoms with Crippen molar-refractivity contribution in [1.82, 2.24) is 9.97 Å². The summed E-state index contributed by atoms with van der Waals surface area (Å²) in [6, 6.07) is 8.21. The number of anilines is 1. The number of rotatable bonds is 5. The molecule has 106 valence electrons. The van der Waals surface area contributed by atoms with Gasteiger partial charge in [0.15, 0.2) is 5.82 Å². The standard InChI is InChI=1S/C15H18IN3O/c1-4-17-15-13(16)12(9-20-3)18-14(19-15)11-7-5-6-10(2)8-11/h5-8H,4,9H2,1-3H3,(H,17,18,19). The lowest BCUT2D eigenvalue weighted by atomic mass is 10.1. The Kier molecular flexibility index (Phi) is 5.31. The van der Waals surface area contributed by atoms with E-state index in [1.165, 1.54) is 5.56 Å². The maximum absolute atomic E-state index is 5.23. The van der Waals surface area contributed by atoms with Crippen molar-refractivity contribution in [2.75, 3.05) is 19.0 Å². The zero-order valence-electron chi connectivity index (χ0n) is 11.9. The van der Waals surface area contributed by atoms with E-state index < -0.39 is 0 Å². The van der Waals surface area contributed by atoms with Gasteiger partial charge in [0, 0.05) is 19.2 Å². The molecule has 0 amide bonds. The first-order valence-electron chi connectivity index (χ1n) is 6.52. The first-order chi connectivity index (χ1) is 9.65. The summed E-state index contributed by atoms with van der Waals surface area (Å²) >= 11 is 2.26. The number of nitrogens with zero attached hydrogens (tertiary/aromatic N) is 2. The molecular formula is C15H18IN3O. The molecule has 0 bridgehead atoms. The van der Waals surface area contributed by atoms with Gasteiger partial charge >= 0.3 is 0 Å². The molecule has 0 aliphatic carbocycles. The molecule has 0 saturated carbocycles. The third-order valence-electron chi connectivity index (χ3n) is 2.82. The van der Waals surface area contributed by atoms with Crippen LogP contribution < -0.4 is 5.32 Å². The van der Waals surface area contributed by atoms with Crippen LogP contribution in [-0.2, 0) is 11.3 Å². The van der Waals surface area contributed by atoms with Crippen LogP contribution in [-0.4, -0.2) is 23.6 Å². The molecule has 0 aliphatic heterocycles. The van der Waals surface area contributed by atoms with E-state index in [1.54, 1.807) is 7.11 Å². The first-order valence-corrected chi connectivity index (χ1v) is 7.59. The Morgan fingerprint density at radius 2 is 2.10 bits per heavy atom. The van der Waals surface area contributed by atoms with Crippen LogP contribution in [0.1, 0.15) is 18.2 Å². The minimum atomic E-state index is 0.484. The summed E-state index contributed by atoms with van der Waals surface area (Å²) < 4.78 is 6.25. The molecule has 0 fully saturated rings. The number of hydrogen-bond donors (Lipinski definition) is 1. The Bertz CT molecular complexity index is 574.